The molecule has 2 aromatic rings. The van der Waals surface area contributed by atoms with E-state index in [2.05, 4.69) is 10.1 Å². The highest BCUT2D eigenvalue weighted by atomic mass is 19.4. The van der Waals surface area contributed by atoms with Crippen molar-refractivity contribution in [3.8, 4) is 11.4 Å². The van der Waals surface area contributed by atoms with Gasteiger partial charge in [-0.05, 0) is 24.6 Å². The first kappa shape index (κ1) is 11.4. The van der Waals surface area contributed by atoms with E-state index in [1.807, 2.05) is 0 Å². The van der Waals surface area contributed by atoms with E-state index >= 15 is 0 Å². The molecule has 0 radical (unpaired) electrons. The number of benzene rings is 1. The minimum atomic E-state index is -4.56. The Labute approximate surface area is 94.9 Å². The van der Waals surface area contributed by atoms with Crippen LogP contribution in [0.25, 0.3) is 11.4 Å². The van der Waals surface area contributed by atoms with Crippen molar-refractivity contribution in [3.63, 3.8) is 0 Å². The van der Waals surface area contributed by atoms with Crippen LogP contribution < -0.4 is 5.73 Å². The molecule has 17 heavy (non-hydrogen) atoms. The molecule has 0 saturated carbocycles. The molecule has 0 fully saturated rings. The number of hydrogen-bond acceptors (Lipinski definition) is 3. The van der Waals surface area contributed by atoms with E-state index in [0.29, 0.717) is 17.6 Å². The van der Waals surface area contributed by atoms with Crippen molar-refractivity contribution < 1.29 is 13.2 Å². The van der Waals surface area contributed by atoms with Gasteiger partial charge in [-0.25, -0.2) is 4.98 Å². The van der Waals surface area contributed by atoms with Crippen molar-refractivity contribution in [2.45, 2.75) is 13.2 Å². The number of nitrogens with zero attached hydrogens (tertiary/aromatic N) is 3. The van der Waals surface area contributed by atoms with Crippen molar-refractivity contribution in [2.24, 2.45) is 0 Å². The van der Waals surface area contributed by atoms with Crippen molar-refractivity contribution in [1.29, 1.82) is 0 Å². The summed E-state index contributed by atoms with van der Waals surface area (Å²) < 4.78 is 36.9. The first-order chi connectivity index (χ1) is 7.88. The summed E-state index contributed by atoms with van der Waals surface area (Å²) >= 11 is 0. The van der Waals surface area contributed by atoms with Crippen LogP contribution in [0.2, 0.25) is 0 Å². The Kier molecular flexibility index (Phi) is 2.53. The lowest BCUT2D eigenvalue weighted by molar-refractivity contribution is -0.212. The maximum atomic E-state index is 12.3. The fourth-order valence-electron chi connectivity index (χ4n) is 1.39. The Hall–Kier alpha value is -2.05. The first-order valence-corrected chi connectivity index (χ1v) is 4.73. The number of rotatable bonds is 1. The summed E-state index contributed by atoms with van der Waals surface area (Å²) in [7, 11) is 0. The predicted octanol–water partition coefficient (Wildman–Crippen LogP) is 2.31. The number of hydrogen-bond donors (Lipinski definition) is 1. The van der Waals surface area contributed by atoms with Crippen LogP contribution in [0.4, 0.5) is 18.9 Å². The average molecular weight is 242 g/mol. The van der Waals surface area contributed by atoms with E-state index in [9.17, 15) is 13.2 Å². The van der Waals surface area contributed by atoms with Gasteiger partial charge in [0.2, 0.25) is 0 Å². The van der Waals surface area contributed by atoms with Gasteiger partial charge in [-0.15, -0.1) is 18.3 Å². The molecule has 1 aromatic carbocycles. The number of halogens is 3. The molecule has 2 N–H and O–H groups in total. The Balaban J connectivity index is 2.47. The van der Waals surface area contributed by atoms with Gasteiger partial charge in [0.1, 0.15) is 6.33 Å². The van der Waals surface area contributed by atoms with Crippen LogP contribution in [0, 0.1) is 6.92 Å². The predicted molar refractivity (Wildman–Crippen MR) is 55.9 cm³/mol. The monoisotopic (exact) mass is 242 g/mol. The van der Waals surface area contributed by atoms with Crippen LogP contribution in [-0.4, -0.2) is 14.8 Å². The van der Waals surface area contributed by atoms with Gasteiger partial charge >= 0.3 is 6.30 Å². The highest BCUT2D eigenvalue weighted by Crippen LogP contribution is 2.25. The number of nitrogen functional groups attached to an aromatic ring is 1. The third-order valence-corrected chi connectivity index (χ3v) is 2.25. The molecule has 0 spiro atoms. The molecule has 0 aliphatic rings. The number of alkyl halides is 3. The average Bonchev–Trinajstić information content (AvgIpc) is 2.70. The lowest BCUT2D eigenvalue weighted by Gasteiger charge is -2.04. The lowest BCUT2D eigenvalue weighted by atomic mass is 10.1. The summed E-state index contributed by atoms with van der Waals surface area (Å²) in [6.07, 6.45) is -3.92. The molecule has 1 heterocycles. The fraction of sp³-hybridized carbons (Fsp3) is 0.200. The van der Waals surface area contributed by atoms with Crippen LogP contribution in [-0.2, 0) is 6.30 Å². The van der Waals surface area contributed by atoms with E-state index in [0.717, 1.165) is 5.56 Å². The van der Waals surface area contributed by atoms with E-state index in [1.54, 1.807) is 25.1 Å². The van der Waals surface area contributed by atoms with E-state index in [-0.39, 0.29) is 10.5 Å². The minimum absolute atomic E-state index is 0.00660. The molecule has 1 aromatic heterocycles. The molecule has 0 bridgehead atoms. The van der Waals surface area contributed by atoms with Crippen LogP contribution in [0.1, 0.15) is 5.56 Å². The third kappa shape index (κ3) is 2.22. The SMILES string of the molecule is Cc1ccc(N)cc1-c1ncn(C(F)(F)F)n1. The molecule has 0 amide bonds. The van der Waals surface area contributed by atoms with E-state index in [4.69, 9.17) is 5.73 Å². The van der Waals surface area contributed by atoms with Crippen LogP contribution in [0.3, 0.4) is 0 Å². The molecule has 0 atom stereocenters. The molecule has 0 aliphatic carbocycles. The van der Waals surface area contributed by atoms with Gasteiger partial charge in [0.25, 0.3) is 0 Å². The second-order valence-corrected chi connectivity index (χ2v) is 3.55. The summed E-state index contributed by atoms with van der Waals surface area (Å²) in [6, 6.07) is 4.92. The molecule has 0 unspecified atom stereocenters. The molecule has 0 saturated heterocycles. The summed E-state index contributed by atoms with van der Waals surface area (Å²) in [5.74, 6) is 0.00660. The van der Waals surface area contributed by atoms with Gasteiger partial charge in [0.15, 0.2) is 5.82 Å². The molecule has 4 nitrogen and oxygen atoms in total. The lowest BCUT2D eigenvalue weighted by Crippen LogP contribution is -2.17. The molecular formula is C10H9F3N4. The maximum Gasteiger partial charge on any atom is 0.505 e. The molecular weight excluding hydrogens is 233 g/mol. The topological polar surface area (TPSA) is 56.7 Å². The maximum absolute atomic E-state index is 12.3. The number of aromatic nitrogens is 3. The van der Waals surface area contributed by atoms with Crippen LogP contribution in [0.15, 0.2) is 24.5 Å². The highest BCUT2D eigenvalue weighted by molar-refractivity contribution is 5.64. The Morgan fingerprint density at radius 2 is 2.00 bits per heavy atom. The largest absolute Gasteiger partial charge is 0.505 e. The second-order valence-electron chi connectivity index (χ2n) is 3.55. The number of anilines is 1. The van der Waals surface area contributed by atoms with Gasteiger partial charge in [-0.3, -0.25) is 0 Å². The fourth-order valence-corrected chi connectivity index (χ4v) is 1.39. The molecule has 2 rings (SSSR count). The minimum Gasteiger partial charge on any atom is -0.399 e. The summed E-state index contributed by atoms with van der Waals surface area (Å²) in [5, 5.41) is 3.38. The van der Waals surface area contributed by atoms with Gasteiger partial charge in [-0.2, -0.15) is 4.68 Å². The molecule has 90 valence electrons. The summed E-state index contributed by atoms with van der Waals surface area (Å²) in [6.45, 7) is 1.75. The highest BCUT2D eigenvalue weighted by Gasteiger charge is 2.32. The Bertz CT molecular complexity index is 545. The van der Waals surface area contributed by atoms with Crippen molar-refractivity contribution >= 4 is 5.69 Å². The van der Waals surface area contributed by atoms with Gasteiger partial charge in [-0.1, -0.05) is 6.07 Å². The summed E-state index contributed by atoms with van der Waals surface area (Å²) in [4.78, 5) is 3.63. The number of aryl methyl sites for hydroxylation is 1. The third-order valence-electron chi connectivity index (χ3n) is 2.25. The molecule has 7 heteroatoms. The Morgan fingerprint density at radius 1 is 1.29 bits per heavy atom. The number of nitrogens with two attached hydrogens (primary N) is 1. The van der Waals surface area contributed by atoms with Gasteiger partial charge in [0.05, 0.1) is 0 Å². The molecule has 0 aliphatic heterocycles. The van der Waals surface area contributed by atoms with Crippen molar-refractivity contribution in [3.05, 3.63) is 30.1 Å². The van der Waals surface area contributed by atoms with Crippen LogP contribution >= 0.6 is 0 Å². The zero-order valence-electron chi connectivity index (χ0n) is 8.86. The quantitative estimate of drug-likeness (QED) is 0.780. The summed E-state index contributed by atoms with van der Waals surface area (Å²) in [5.41, 5.74) is 7.28. The van der Waals surface area contributed by atoms with Crippen molar-refractivity contribution in [2.75, 3.05) is 5.73 Å². The van der Waals surface area contributed by atoms with Gasteiger partial charge in [0, 0.05) is 11.3 Å². The normalized spacial score (nSPS) is 11.8. The standard InChI is InChI=1S/C10H9F3N4/c1-6-2-3-7(14)4-8(6)9-15-5-17(16-9)10(11,12)13/h2-5H,14H2,1H3. The smallest absolute Gasteiger partial charge is 0.399 e. The zero-order valence-corrected chi connectivity index (χ0v) is 8.86. The van der Waals surface area contributed by atoms with E-state index in [1.165, 1.54) is 0 Å². The zero-order chi connectivity index (χ0) is 12.6. The van der Waals surface area contributed by atoms with E-state index < -0.39 is 6.30 Å². The van der Waals surface area contributed by atoms with Crippen molar-refractivity contribution in [1.82, 2.24) is 14.8 Å². The van der Waals surface area contributed by atoms with Crippen LogP contribution in [0.5, 0.6) is 0 Å². The van der Waals surface area contributed by atoms with Gasteiger partial charge < -0.3 is 5.73 Å². The Morgan fingerprint density at radius 3 is 2.59 bits per heavy atom. The first-order valence-electron chi connectivity index (χ1n) is 4.73. The second kappa shape index (κ2) is 3.76.